The molecule has 1 fully saturated rings. The highest BCUT2D eigenvalue weighted by Crippen LogP contribution is 2.36. The van der Waals surface area contributed by atoms with E-state index in [0.717, 1.165) is 12.8 Å². The zero-order chi connectivity index (χ0) is 7.56. The van der Waals surface area contributed by atoms with Crippen LogP contribution in [-0.4, -0.2) is 19.4 Å². The number of rotatable bonds is 3. The van der Waals surface area contributed by atoms with Gasteiger partial charge in [-0.1, -0.05) is 0 Å². The smallest absolute Gasteiger partial charge is 0.316 e. The lowest BCUT2D eigenvalue weighted by Gasteiger charge is -2.03. The molecule has 3 nitrogen and oxygen atoms in total. The van der Waals surface area contributed by atoms with E-state index in [1.165, 1.54) is 7.11 Å². The molecule has 0 radical (unpaired) electrons. The van der Waals surface area contributed by atoms with Gasteiger partial charge in [-0.25, -0.2) is 0 Å². The molecule has 1 saturated carbocycles. The van der Waals surface area contributed by atoms with E-state index in [-0.39, 0.29) is 5.92 Å². The molecule has 0 spiro atoms. The normalized spacial score (nSPS) is 19.7. The van der Waals surface area contributed by atoms with E-state index in [2.05, 4.69) is 4.74 Å². The summed E-state index contributed by atoms with van der Waals surface area (Å²) in [6.45, 7) is 0. The Morgan fingerprint density at radius 1 is 1.70 bits per heavy atom. The predicted molar refractivity (Wildman–Crippen MR) is 34.3 cm³/mol. The van der Waals surface area contributed by atoms with Gasteiger partial charge in [-0.05, 0) is 18.8 Å². The van der Waals surface area contributed by atoms with Crippen LogP contribution in [0.5, 0.6) is 0 Å². The second-order valence-corrected chi connectivity index (χ2v) is 2.52. The van der Waals surface area contributed by atoms with Crippen molar-refractivity contribution in [1.29, 1.82) is 0 Å². The van der Waals surface area contributed by atoms with Crippen molar-refractivity contribution in [3.8, 4) is 0 Å². The Morgan fingerprint density at radius 2 is 2.30 bits per heavy atom. The van der Waals surface area contributed by atoms with E-state index in [0.29, 0.717) is 6.29 Å². The molecule has 0 bridgehead atoms. The minimum Gasteiger partial charge on any atom is -0.468 e. The van der Waals surface area contributed by atoms with Gasteiger partial charge in [-0.3, -0.25) is 4.79 Å². The van der Waals surface area contributed by atoms with Crippen molar-refractivity contribution < 1.29 is 14.3 Å². The van der Waals surface area contributed by atoms with Crippen LogP contribution in [-0.2, 0) is 14.3 Å². The third-order valence-corrected chi connectivity index (χ3v) is 1.75. The number of hydrogen-bond donors (Lipinski definition) is 0. The fraction of sp³-hybridized carbons (Fsp3) is 0.714. The summed E-state index contributed by atoms with van der Waals surface area (Å²) in [5.74, 6) is -0.618. The topological polar surface area (TPSA) is 43.4 Å². The lowest BCUT2D eigenvalue weighted by Crippen LogP contribution is -2.19. The summed E-state index contributed by atoms with van der Waals surface area (Å²) in [6.07, 6.45) is 2.65. The van der Waals surface area contributed by atoms with Gasteiger partial charge in [-0.15, -0.1) is 0 Å². The number of carbonyl (C=O) groups excluding carboxylic acids is 2. The van der Waals surface area contributed by atoms with Crippen molar-refractivity contribution in [2.24, 2.45) is 11.8 Å². The zero-order valence-corrected chi connectivity index (χ0v) is 5.87. The lowest BCUT2D eigenvalue weighted by molar-refractivity contribution is -0.147. The quantitative estimate of drug-likeness (QED) is 0.325. The predicted octanol–water partition coefficient (Wildman–Crippen LogP) is 0.384. The fourth-order valence-electron chi connectivity index (χ4n) is 0.951. The van der Waals surface area contributed by atoms with Gasteiger partial charge in [0.15, 0.2) is 0 Å². The summed E-state index contributed by atoms with van der Waals surface area (Å²) in [6, 6.07) is 0. The molecule has 0 heterocycles. The first-order chi connectivity index (χ1) is 4.79. The third-order valence-electron chi connectivity index (χ3n) is 1.75. The van der Waals surface area contributed by atoms with Crippen LogP contribution >= 0.6 is 0 Å². The number of esters is 1. The average molecular weight is 142 g/mol. The molecule has 1 aliphatic rings. The minimum atomic E-state index is -0.495. The number of ether oxygens (including phenoxy) is 1. The first-order valence-electron chi connectivity index (χ1n) is 3.32. The van der Waals surface area contributed by atoms with Gasteiger partial charge < -0.3 is 9.53 Å². The second kappa shape index (κ2) is 2.82. The Labute approximate surface area is 59.4 Å². The fourth-order valence-corrected chi connectivity index (χ4v) is 0.951. The molecule has 0 aromatic carbocycles. The number of methoxy groups -OCH3 is 1. The van der Waals surface area contributed by atoms with E-state index in [4.69, 9.17) is 0 Å². The van der Waals surface area contributed by atoms with Gasteiger partial charge in [-0.2, -0.15) is 0 Å². The van der Waals surface area contributed by atoms with Crippen molar-refractivity contribution in [2.45, 2.75) is 12.8 Å². The number of aldehydes is 1. The SMILES string of the molecule is COC(=O)[C@@H](C=O)C1CC1. The van der Waals surface area contributed by atoms with Gasteiger partial charge in [0.1, 0.15) is 12.2 Å². The van der Waals surface area contributed by atoms with Crippen LogP contribution in [0.3, 0.4) is 0 Å². The molecule has 1 aliphatic carbocycles. The molecule has 56 valence electrons. The molecule has 0 saturated heterocycles. The molecule has 0 amide bonds. The van der Waals surface area contributed by atoms with Crippen molar-refractivity contribution in [2.75, 3.05) is 7.11 Å². The first kappa shape index (κ1) is 7.25. The Hall–Kier alpha value is -0.860. The molecular formula is C7H10O3. The molecule has 0 N–H and O–H groups in total. The minimum absolute atomic E-state index is 0.268. The highest BCUT2D eigenvalue weighted by atomic mass is 16.5. The van der Waals surface area contributed by atoms with Crippen LogP contribution in [0.1, 0.15) is 12.8 Å². The summed E-state index contributed by atoms with van der Waals surface area (Å²) in [4.78, 5) is 21.1. The van der Waals surface area contributed by atoms with Crippen LogP contribution in [0.25, 0.3) is 0 Å². The van der Waals surface area contributed by atoms with Crippen LogP contribution in [0.4, 0.5) is 0 Å². The molecule has 0 aliphatic heterocycles. The van der Waals surface area contributed by atoms with Crippen molar-refractivity contribution >= 4 is 12.3 Å². The Morgan fingerprint density at radius 3 is 2.60 bits per heavy atom. The lowest BCUT2D eigenvalue weighted by atomic mass is 10.1. The number of hydrogen-bond acceptors (Lipinski definition) is 3. The van der Waals surface area contributed by atoms with Crippen LogP contribution < -0.4 is 0 Å². The highest BCUT2D eigenvalue weighted by Gasteiger charge is 2.36. The van der Waals surface area contributed by atoms with E-state index in [1.54, 1.807) is 0 Å². The molecule has 3 heteroatoms. The average Bonchev–Trinajstić information content (AvgIpc) is 2.73. The van der Waals surface area contributed by atoms with Crippen LogP contribution in [0.2, 0.25) is 0 Å². The van der Waals surface area contributed by atoms with Crippen LogP contribution in [0, 0.1) is 11.8 Å². The van der Waals surface area contributed by atoms with E-state index < -0.39 is 11.9 Å². The van der Waals surface area contributed by atoms with E-state index in [1.807, 2.05) is 0 Å². The molecule has 0 unspecified atom stereocenters. The summed E-state index contributed by atoms with van der Waals surface area (Å²) >= 11 is 0. The third kappa shape index (κ3) is 1.35. The van der Waals surface area contributed by atoms with E-state index >= 15 is 0 Å². The van der Waals surface area contributed by atoms with Gasteiger partial charge in [0.2, 0.25) is 0 Å². The van der Waals surface area contributed by atoms with E-state index in [9.17, 15) is 9.59 Å². The van der Waals surface area contributed by atoms with Crippen molar-refractivity contribution in [3.63, 3.8) is 0 Å². The maximum Gasteiger partial charge on any atom is 0.316 e. The molecule has 1 rings (SSSR count). The Kier molecular flexibility index (Phi) is 2.04. The molecule has 1 atom stereocenters. The van der Waals surface area contributed by atoms with Crippen LogP contribution in [0.15, 0.2) is 0 Å². The maximum absolute atomic E-state index is 10.8. The summed E-state index contributed by atoms with van der Waals surface area (Å²) < 4.78 is 4.43. The monoisotopic (exact) mass is 142 g/mol. The molecule has 0 aromatic heterocycles. The van der Waals surface area contributed by atoms with Gasteiger partial charge in [0, 0.05) is 0 Å². The summed E-state index contributed by atoms with van der Waals surface area (Å²) in [7, 11) is 1.31. The highest BCUT2D eigenvalue weighted by molar-refractivity contribution is 5.88. The molecule has 0 aromatic rings. The van der Waals surface area contributed by atoms with Crippen molar-refractivity contribution in [1.82, 2.24) is 0 Å². The molecule has 10 heavy (non-hydrogen) atoms. The molecular weight excluding hydrogens is 132 g/mol. The number of carbonyl (C=O) groups is 2. The Balaban J connectivity index is 2.46. The Bertz CT molecular complexity index is 149. The standard InChI is InChI=1S/C7H10O3/c1-10-7(9)6(4-8)5-2-3-5/h4-6H,2-3H2,1H3/t6-/m0/s1. The second-order valence-electron chi connectivity index (χ2n) is 2.52. The maximum atomic E-state index is 10.8. The summed E-state index contributed by atoms with van der Waals surface area (Å²) in [5.41, 5.74) is 0. The first-order valence-corrected chi connectivity index (χ1v) is 3.32. The van der Waals surface area contributed by atoms with Gasteiger partial charge >= 0.3 is 5.97 Å². The zero-order valence-electron chi connectivity index (χ0n) is 5.87. The van der Waals surface area contributed by atoms with Crippen molar-refractivity contribution in [3.05, 3.63) is 0 Å². The summed E-state index contributed by atoms with van der Waals surface area (Å²) in [5, 5.41) is 0. The largest absolute Gasteiger partial charge is 0.468 e. The van der Waals surface area contributed by atoms with Gasteiger partial charge in [0.25, 0.3) is 0 Å². The van der Waals surface area contributed by atoms with Gasteiger partial charge in [0.05, 0.1) is 7.11 Å².